The minimum absolute atomic E-state index is 0.132. The van der Waals surface area contributed by atoms with Crippen molar-refractivity contribution in [1.29, 1.82) is 5.26 Å². The Morgan fingerprint density at radius 2 is 1.89 bits per heavy atom. The highest BCUT2D eigenvalue weighted by molar-refractivity contribution is 5.97. The van der Waals surface area contributed by atoms with Crippen LogP contribution in [0.1, 0.15) is 27.7 Å². The monoisotopic (exact) mass is 267 g/mol. The van der Waals surface area contributed by atoms with Gasteiger partial charge in [-0.2, -0.15) is 5.26 Å². The number of nitrogens with one attached hydrogen (secondary N) is 2. The Kier molecular flexibility index (Phi) is 7.27. The van der Waals surface area contributed by atoms with Crippen molar-refractivity contribution in [3.05, 3.63) is 11.8 Å². The number of nitrogens with zero attached hydrogens (tertiary/aromatic N) is 1. The van der Waals surface area contributed by atoms with E-state index in [2.05, 4.69) is 10.6 Å². The first-order valence-electron chi connectivity index (χ1n) is 6.16. The molecule has 6 heteroatoms. The molecule has 0 fully saturated rings. The maximum absolute atomic E-state index is 11.6. The summed E-state index contributed by atoms with van der Waals surface area (Å²) < 4.78 is 0. The SMILES string of the molecule is CC(C)CNC(=O)/C(C#N)=C\NC(C(=O)O)C(C)C. The van der Waals surface area contributed by atoms with E-state index in [0.717, 1.165) is 6.20 Å². The van der Waals surface area contributed by atoms with Gasteiger partial charge in [-0.1, -0.05) is 27.7 Å². The van der Waals surface area contributed by atoms with Crippen LogP contribution >= 0.6 is 0 Å². The topological polar surface area (TPSA) is 102 Å². The lowest BCUT2D eigenvalue weighted by Crippen LogP contribution is -2.38. The van der Waals surface area contributed by atoms with E-state index in [1.54, 1.807) is 19.9 Å². The van der Waals surface area contributed by atoms with Crippen molar-refractivity contribution in [2.45, 2.75) is 33.7 Å². The summed E-state index contributed by atoms with van der Waals surface area (Å²) >= 11 is 0. The lowest BCUT2D eigenvalue weighted by Gasteiger charge is -2.16. The van der Waals surface area contributed by atoms with E-state index in [-0.39, 0.29) is 17.4 Å². The smallest absolute Gasteiger partial charge is 0.326 e. The number of hydrogen-bond donors (Lipinski definition) is 3. The van der Waals surface area contributed by atoms with E-state index < -0.39 is 17.9 Å². The van der Waals surface area contributed by atoms with E-state index in [0.29, 0.717) is 6.54 Å². The van der Waals surface area contributed by atoms with Crippen LogP contribution in [-0.2, 0) is 9.59 Å². The molecule has 0 bridgehead atoms. The van der Waals surface area contributed by atoms with Gasteiger partial charge in [-0.15, -0.1) is 0 Å². The molecule has 0 aliphatic carbocycles. The Labute approximate surface area is 113 Å². The van der Waals surface area contributed by atoms with Crippen molar-refractivity contribution >= 4 is 11.9 Å². The predicted molar refractivity (Wildman–Crippen MR) is 70.9 cm³/mol. The van der Waals surface area contributed by atoms with Crippen molar-refractivity contribution in [3.63, 3.8) is 0 Å². The number of nitriles is 1. The van der Waals surface area contributed by atoms with Crippen LogP contribution in [0.5, 0.6) is 0 Å². The number of carboxylic acid groups (broad SMARTS) is 1. The number of hydrogen-bond acceptors (Lipinski definition) is 4. The Morgan fingerprint density at radius 1 is 1.32 bits per heavy atom. The molecule has 0 rings (SSSR count). The molecular formula is C13H21N3O3. The first-order valence-corrected chi connectivity index (χ1v) is 6.16. The van der Waals surface area contributed by atoms with Gasteiger partial charge < -0.3 is 15.7 Å². The van der Waals surface area contributed by atoms with Gasteiger partial charge in [0.2, 0.25) is 0 Å². The van der Waals surface area contributed by atoms with Gasteiger partial charge in [0, 0.05) is 12.7 Å². The zero-order valence-electron chi connectivity index (χ0n) is 11.7. The Balaban J connectivity index is 4.68. The fourth-order valence-electron chi connectivity index (χ4n) is 1.26. The summed E-state index contributed by atoms with van der Waals surface area (Å²) in [5.41, 5.74) is -0.132. The molecular weight excluding hydrogens is 246 g/mol. The first-order chi connectivity index (χ1) is 8.79. The third kappa shape index (κ3) is 6.46. The van der Waals surface area contributed by atoms with Crippen molar-refractivity contribution in [1.82, 2.24) is 10.6 Å². The Morgan fingerprint density at radius 3 is 2.26 bits per heavy atom. The summed E-state index contributed by atoms with van der Waals surface area (Å²) in [6.07, 6.45) is 1.16. The summed E-state index contributed by atoms with van der Waals surface area (Å²) in [6.45, 7) is 7.82. The number of aliphatic carboxylic acids is 1. The number of rotatable bonds is 7. The van der Waals surface area contributed by atoms with Crippen LogP contribution in [0.15, 0.2) is 11.8 Å². The Bertz CT molecular complexity index is 394. The zero-order valence-corrected chi connectivity index (χ0v) is 11.7. The second kappa shape index (κ2) is 8.14. The average Bonchev–Trinajstić information content (AvgIpc) is 2.30. The van der Waals surface area contributed by atoms with E-state index in [4.69, 9.17) is 10.4 Å². The van der Waals surface area contributed by atoms with Gasteiger partial charge in [0.1, 0.15) is 17.7 Å². The van der Waals surface area contributed by atoms with Crippen molar-refractivity contribution in [2.24, 2.45) is 11.8 Å². The molecule has 3 N–H and O–H groups in total. The lowest BCUT2D eigenvalue weighted by molar-refractivity contribution is -0.140. The fraction of sp³-hybridized carbons (Fsp3) is 0.615. The molecule has 0 aliphatic rings. The minimum Gasteiger partial charge on any atom is -0.480 e. The quantitative estimate of drug-likeness (QED) is 0.469. The predicted octanol–water partition coefficient (Wildman–Crippen LogP) is 0.865. The van der Waals surface area contributed by atoms with Gasteiger partial charge in [-0.05, 0) is 11.8 Å². The molecule has 1 amide bonds. The molecule has 0 aliphatic heterocycles. The summed E-state index contributed by atoms with van der Waals surface area (Å²) in [4.78, 5) is 22.6. The summed E-state index contributed by atoms with van der Waals surface area (Å²) in [6, 6.07) is 0.920. The van der Waals surface area contributed by atoms with Crippen LogP contribution in [0.4, 0.5) is 0 Å². The van der Waals surface area contributed by atoms with E-state index in [1.807, 2.05) is 13.8 Å². The zero-order chi connectivity index (χ0) is 15.0. The highest BCUT2D eigenvalue weighted by Crippen LogP contribution is 2.02. The number of carbonyl (C=O) groups is 2. The molecule has 6 nitrogen and oxygen atoms in total. The summed E-state index contributed by atoms with van der Waals surface area (Å²) in [7, 11) is 0. The maximum Gasteiger partial charge on any atom is 0.326 e. The van der Waals surface area contributed by atoms with Crippen molar-refractivity contribution in [3.8, 4) is 6.07 Å². The molecule has 0 aromatic heterocycles. The van der Waals surface area contributed by atoms with Crippen LogP contribution in [-0.4, -0.2) is 29.6 Å². The summed E-state index contributed by atoms with van der Waals surface area (Å²) in [5.74, 6) is -1.41. The third-order valence-corrected chi connectivity index (χ3v) is 2.38. The minimum atomic E-state index is -1.02. The molecule has 0 radical (unpaired) electrons. The maximum atomic E-state index is 11.6. The largest absolute Gasteiger partial charge is 0.480 e. The van der Waals surface area contributed by atoms with Gasteiger partial charge >= 0.3 is 5.97 Å². The molecule has 0 spiro atoms. The molecule has 0 saturated heterocycles. The molecule has 19 heavy (non-hydrogen) atoms. The van der Waals surface area contributed by atoms with Crippen LogP contribution in [0, 0.1) is 23.2 Å². The normalized spacial score (nSPS) is 13.0. The average molecular weight is 267 g/mol. The first kappa shape index (κ1) is 17.0. The molecule has 0 aromatic carbocycles. The summed E-state index contributed by atoms with van der Waals surface area (Å²) in [5, 5.41) is 23.0. The van der Waals surface area contributed by atoms with Gasteiger partial charge in [0.05, 0.1) is 0 Å². The molecule has 1 atom stereocenters. The third-order valence-electron chi connectivity index (χ3n) is 2.38. The van der Waals surface area contributed by atoms with Gasteiger partial charge in [-0.3, -0.25) is 4.79 Å². The van der Waals surface area contributed by atoms with Gasteiger partial charge in [-0.25, -0.2) is 4.79 Å². The highest BCUT2D eigenvalue weighted by Gasteiger charge is 2.20. The van der Waals surface area contributed by atoms with E-state index in [9.17, 15) is 9.59 Å². The van der Waals surface area contributed by atoms with Crippen LogP contribution < -0.4 is 10.6 Å². The molecule has 106 valence electrons. The highest BCUT2D eigenvalue weighted by atomic mass is 16.4. The van der Waals surface area contributed by atoms with Crippen LogP contribution in [0.25, 0.3) is 0 Å². The molecule has 0 saturated carbocycles. The number of carbonyl (C=O) groups excluding carboxylic acids is 1. The Hall–Kier alpha value is -2.03. The standard InChI is InChI=1S/C13H21N3O3/c1-8(2)6-16-12(17)10(5-14)7-15-11(9(3)4)13(18)19/h7-9,11,15H,6H2,1-4H3,(H,16,17)(H,18,19)/b10-7-. The van der Waals surface area contributed by atoms with Gasteiger partial charge in [0.15, 0.2) is 0 Å². The van der Waals surface area contributed by atoms with Crippen LogP contribution in [0.3, 0.4) is 0 Å². The lowest BCUT2D eigenvalue weighted by atomic mass is 10.1. The number of carboxylic acids is 1. The van der Waals surface area contributed by atoms with Gasteiger partial charge in [0.25, 0.3) is 5.91 Å². The molecule has 0 aromatic rings. The molecule has 0 heterocycles. The van der Waals surface area contributed by atoms with E-state index >= 15 is 0 Å². The second-order valence-electron chi connectivity index (χ2n) is 5.00. The van der Waals surface area contributed by atoms with E-state index in [1.165, 1.54) is 0 Å². The fourth-order valence-corrected chi connectivity index (χ4v) is 1.26. The number of amides is 1. The van der Waals surface area contributed by atoms with Crippen molar-refractivity contribution in [2.75, 3.05) is 6.54 Å². The molecule has 1 unspecified atom stereocenters. The van der Waals surface area contributed by atoms with Crippen molar-refractivity contribution < 1.29 is 14.7 Å². The second-order valence-corrected chi connectivity index (χ2v) is 5.00. The van der Waals surface area contributed by atoms with Crippen LogP contribution in [0.2, 0.25) is 0 Å².